The second-order valence-corrected chi connectivity index (χ2v) is 6.03. The molecular formula is C19H28O6P+. The summed E-state index contributed by atoms with van der Waals surface area (Å²) in [5, 5.41) is 0. The lowest BCUT2D eigenvalue weighted by atomic mass is 9.76. The van der Waals surface area contributed by atoms with Crippen molar-refractivity contribution in [1.82, 2.24) is 0 Å². The molecule has 0 saturated heterocycles. The van der Waals surface area contributed by atoms with Crippen molar-refractivity contribution in [1.29, 1.82) is 0 Å². The number of carbonyl (C=O) groups is 2. The first-order valence-corrected chi connectivity index (χ1v) is 9.26. The van der Waals surface area contributed by atoms with Gasteiger partial charge in [-0.3, -0.25) is 9.59 Å². The highest BCUT2D eigenvalue weighted by Crippen LogP contribution is 2.37. The molecule has 0 radical (unpaired) electrons. The maximum absolute atomic E-state index is 13.3. The molecule has 1 aliphatic carbocycles. The van der Waals surface area contributed by atoms with Gasteiger partial charge < -0.3 is 14.2 Å². The Hall–Kier alpha value is -1.94. The third kappa shape index (κ3) is 5.28. The number of rotatable bonds is 7. The van der Waals surface area contributed by atoms with Crippen LogP contribution in [0, 0.1) is 11.8 Å². The number of hydrogen-bond acceptors (Lipinski definition) is 6. The van der Waals surface area contributed by atoms with E-state index in [4.69, 9.17) is 18.8 Å². The number of esters is 1. The maximum Gasteiger partial charge on any atom is 0.317 e. The third-order valence-corrected chi connectivity index (χ3v) is 4.62. The van der Waals surface area contributed by atoms with Crippen molar-refractivity contribution in [3.8, 4) is 11.5 Å². The van der Waals surface area contributed by atoms with Crippen LogP contribution in [0.4, 0.5) is 0 Å². The van der Waals surface area contributed by atoms with Gasteiger partial charge in [-0.25, -0.2) is 0 Å². The second kappa shape index (κ2) is 11.6. The van der Waals surface area contributed by atoms with Crippen molar-refractivity contribution in [2.45, 2.75) is 39.0 Å². The molecule has 0 N–H and O–H groups in total. The molecule has 6 nitrogen and oxygen atoms in total. The van der Waals surface area contributed by atoms with Crippen molar-refractivity contribution >= 4 is 20.9 Å². The van der Waals surface area contributed by atoms with E-state index < -0.39 is 11.9 Å². The number of carbonyl (C=O) groups excluding carboxylic acids is 2. The molecule has 1 saturated carbocycles. The van der Waals surface area contributed by atoms with E-state index in [-0.39, 0.29) is 18.3 Å². The lowest BCUT2D eigenvalue weighted by Crippen LogP contribution is -2.34. The lowest BCUT2D eigenvalue weighted by Gasteiger charge is -2.28. The Morgan fingerprint density at radius 3 is 2.08 bits per heavy atom. The second-order valence-electron chi connectivity index (χ2n) is 6.03. The Kier molecular flexibility index (Phi) is 9.89. The van der Waals surface area contributed by atoms with Gasteiger partial charge in [0.25, 0.3) is 0 Å². The van der Waals surface area contributed by atoms with E-state index in [1.165, 1.54) is 23.3 Å². The molecule has 1 aromatic carbocycles. The molecule has 2 unspecified atom stereocenters. The minimum absolute atomic E-state index is 0.0138. The topological polar surface area (TPSA) is 78.9 Å². The monoisotopic (exact) mass is 383 g/mol. The van der Waals surface area contributed by atoms with Gasteiger partial charge in [0.1, 0.15) is 23.0 Å². The molecule has 0 amide bonds. The number of benzene rings is 1. The number of ether oxygens (including phenoxy) is 3. The number of hydrogen-bond donors (Lipinski definition) is 0. The first-order chi connectivity index (χ1) is 12.6. The summed E-state index contributed by atoms with van der Waals surface area (Å²) in [6.45, 7) is 2.02. The molecule has 1 fully saturated rings. The summed E-state index contributed by atoms with van der Waals surface area (Å²) < 4.78 is 24.0. The highest BCUT2D eigenvalue weighted by molar-refractivity contribution is 7.00. The molecule has 0 spiro atoms. The van der Waals surface area contributed by atoms with E-state index in [0.717, 1.165) is 32.1 Å². The van der Waals surface area contributed by atoms with Crippen LogP contribution in [0.1, 0.15) is 49.4 Å². The Bertz CT molecular complexity index is 575. The Morgan fingerprint density at radius 2 is 1.62 bits per heavy atom. The highest BCUT2D eigenvalue weighted by Gasteiger charge is 2.39. The van der Waals surface area contributed by atoms with Gasteiger partial charge >= 0.3 is 15.1 Å². The van der Waals surface area contributed by atoms with Crippen LogP contribution in [0.3, 0.4) is 0 Å². The van der Waals surface area contributed by atoms with Crippen molar-refractivity contribution in [2.75, 3.05) is 20.8 Å². The van der Waals surface area contributed by atoms with Crippen LogP contribution in [0.5, 0.6) is 11.5 Å². The van der Waals surface area contributed by atoms with Crippen LogP contribution in [0.2, 0.25) is 0 Å². The van der Waals surface area contributed by atoms with E-state index in [1.54, 1.807) is 25.1 Å². The van der Waals surface area contributed by atoms with Gasteiger partial charge in [0, 0.05) is 0 Å². The predicted molar refractivity (Wildman–Crippen MR) is 101 cm³/mol. The molecule has 7 heteroatoms. The standard InChI is InChI=1S/C19H26O5.H2OP/c1-4-24-19(21)16(13-9-6-5-7-10-13)18(20)17-14(22-2)11-8-12-15(17)23-3;1-2/h8,11-13,16H,4-7,9-10H2,1-3H3;2H2/q;+1. The van der Waals surface area contributed by atoms with Crippen molar-refractivity contribution < 1.29 is 28.4 Å². The van der Waals surface area contributed by atoms with Gasteiger partial charge in [0.2, 0.25) is 0 Å². The van der Waals surface area contributed by atoms with E-state index in [9.17, 15) is 9.59 Å². The van der Waals surface area contributed by atoms with E-state index >= 15 is 0 Å². The highest BCUT2D eigenvalue weighted by atomic mass is 31.0. The third-order valence-electron chi connectivity index (χ3n) is 4.62. The van der Waals surface area contributed by atoms with E-state index in [1.807, 2.05) is 0 Å². The maximum atomic E-state index is 13.3. The molecule has 1 aromatic rings. The van der Waals surface area contributed by atoms with Crippen LogP contribution >= 0.6 is 9.12 Å². The molecule has 0 aromatic heterocycles. The minimum Gasteiger partial charge on any atom is -0.496 e. The quantitative estimate of drug-likeness (QED) is 0.308. The van der Waals surface area contributed by atoms with E-state index in [2.05, 4.69) is 0 Å². The first-order valence-electron chi connectivity index (χ1n) is 8.79. The number of methoxy groups -OCH3 is 2. The average molecular weight is 383 g/mol. The smallest absolute Gasteiger partial charge is 0.317 e. The zero-order valence-corrected chi connectivity index (χ0v) is 16.8. The van der Waals surface area contributed by atoms with Crippen LogP contribution in [0.15, 0.2) is 18.2 Å². The zero-order valence-electron chi connectivity index (χ0n) is 15.7. The average Bonchev–Trinajstić information content (AvgIpc) is 2.69. The van der Waals surface area contributed by atoms with Crippen molar-refractivity contribution in [3.05, 3.63) is 23.8 Å². The molecular weight excluding hydrogens is 355 g/mol. The fourth-order valence-electron chi connectivity index (χ4n) is 3.46. The minimum atomic E-state index is -0.796. The van der Waals surface area contributed by atoms with Gasteiger partial charge in [0.15, 0.2) is 5.78 Å². The Labute approximate surface area is 156 Å². The van der Waals surface area contributed by atoms with E-state index in [0.29, 0.717) is 17.1 Å². The van der Waals surface area contributed by atoms with Gasteiger partial charge in [0.05, 0.1) is 20.8 Å². The van der Waals surface area contributed by atoms with Gasteiger partial charge in [-0.05, 0) is 37.8 Å². The molecule has 0 aliphatic heterocycles. The lowest BCUT2D eigenvalue weighted by molar-refractivity contribution is -0.148. The zero-order chi connectivity index (χ0) is 19.5. The fraction of sp³-hybridized carbons (Fsp3) is 0.579. The Balaban J connectivity index is 0.00000163. The van der Waals surface area contributed by atoms with Gasteiger partial charge in [-0.15, -0.1) is 0 Å². The Morgan fingerprint density at radius 1 is 1.08 bits per heavy atom. The molecule has 2 atom stereocenters. The molecule has 0 heterocycles. The molecule has 26 heavy (non-hydrogen) atoms. The summed E-state index contributed by atoms with van der Waals surface area (Å²) in [6, 6.07) is 5.17. The largest absolute Gasteiger partial charge is 0.496 e. The van der Waals surface area contributed by atoms with Crippen LogP contribution in [-0.2, 0) is 14.1 Å². The van der Waals surface area contributed by atoms with Gasteiger partial charge in [-0.2, -0.15) is 0 Å². The number of Topliss-reactive ketones (excluding diaryl/α,β-unsaturated/α-hetero) is 1. The summed E-state index contributed by atoms with van der Waals surface area (Å²) in [5.41, 5.74) is 0.325. The molecule has 144 valence electrons. The summed E-state index contributed by atoms with van der Waals surface area (Å²) >= 11 is 0. The summed E-state index contributed by atoms with van der Waals surface area (Å²) in [5.74, 6) is -0.652. The van der Waals surface area contributed by atoms with Crippen LogP contribution < -0.4 is 9.47 Å². The molecule has 1 aliphatic rings. The fourth-order valence-corrected chi connectivity index (χ4v) is 3.46. The van der Waals surface area contributed by atoms with Crippen molar-refractivity contribution in [2.24, 2.45) is 11.8 Å². The van der Waals surface area contributed by atoms with Crippen LogP contribution in [-0.4, -0.2) is 32.6 Å². The molecule has 2 rings (SSSR count). The van der Waals surface area contributed by atoms with Crippen molar-refractivity contribution in [3.63, 3.8) is 0 Å². The first kappa shape index (κ1) is 22.1. The van der Waals surface area contributed by atoms with Gasteiger partial charge in [-0.1, -0.05) is 29.9 Å². The predicted octanol–water partition coefficient (Wildman–Crippen LogP) is 3.85. The summed E-state index contributed by atoms with van der Waals surface area (Å²) in [7, 11) is 4.18. The summed E-state index contributed by atoms with van der Waals surface area (Å²) in [6.07, 6.45) is 4.96. The summed E-state index contributed by atoms with van der Waals surface area (Å²) in [4.78, 5) is 25.8. The SMILES string of the molecule is CCOC(=O)C(C(=O)c1c(OC)cccc1OC)C1CCCCC1.O=[PH2+]. The molecule has 0 bridgehead atoms. The normalized spacial score (nSPS) is 15.2. The number of ketones is 1. The van der Waals surface area contributed by atoms with Crippen LogP contribution in [0.25, 0.3) is 0 Å².